The number of hydrogen-bond acceptors (Lipinski definition) is 5. The van der Waals surface area contributed by atoms with Gasteiger partial charge in [-0.3, -0.25) is 19.4 Å². The van der Waals surface area contributed by atoms with Gasteiger partial charge in [0.05, 0.1) is 13.2 Å². The molecule has 0 aromatic heterocycles. The topological polar surface area (TPSA) is 59.1 Å². The highest BCUT2D eigenvalue weighted by molar-refractivity contribution is 6.01. The molecule has 204 valence electrons. The number of amides is 2. The fourth-order valence-electron chi connectivity index (χ4n) is 6.24. The second kappa shape index (κ2) is 12.3. The standard InChI is InChI=1S/C32H42N2O4/c1-3-26-19-25(9-11-29(26)38-18-16-34-31(35)13-14-32(34)36)22-33(21-24-7-5-4-6-8-24)23(2)27-10-12-30-28(20-27)15-17-37-30/h9-12,19-20,23-24H,3-8,13-18,21-22H2,1-2H3. The molecule has 2 aromatic rings. The molecule has 2 heterocycles. The molecule has 3 aliphatic rings. The van der Waals surface area contributed by atoms with Crippen molar-refractivity contribution in [2.75, 3.05) is 26.3 Å². The molecule has 1 aliphatic carbocycles. The summed E-state index contributed by atoms with van der Waals surface area (Å²) in [6.07, 6.45) is 9.25. The first-order chi connectivity index (χ1) is 18.5. The van der Waals surface area contributed by atoms with E-state index in [9.17, 15) is 9.59 Å². The maximum atomic E-state index is 11.9. The van der Waals surface area contributed by atoms with Crippen LogP contribution in [0.3, 0.4) is 0 Å². The van der Waals surface area contributed by atoms with Gasteiger partial charge in [-0.05, 0) is 66.5 Å². The van der Waals surface area contributed by atoms with Crippen molar-refractivity contribution >= 4 is 11.8 Å². The van der Waals surface area contributed by atoms with E-state index in [0.29, 0.717) is 32.0 Å². The first kappa shape index (κ1) is 26.7. The number of likely N-dealkylation sites (tertiary alicyclic amines) is 1. The Bertz CT molecular complexity index is 1120. The van der Waals surface area contributed by atoms with Gasteiger partial charge in [-0.25, -0.2) is 0 Å². The van der Waals surface area contributed by atoms with E-state index in [1.165, 1.54) is 59.3 Å². The molecule has 0 spiro atoms. The highest BCUT2D eigenvalue weighted by Gasteiger charge is 2.28. The number of rotatable bonds is 11. The minimum atomic E-state index is -0.0901. The Morgan fingerprint density at radius 3 is 2.58 bits per heavy atom. The van der Waals surface area contributed by atoms with Crippen molar-refractivity contribution in [3.63, 3.8) is 0 Å². The summed E-state index contributed by atoms with van der Waals surface area (Å²) < 4.78 is 11.8. The Morgan fingerprint density at radius 1 is 1.03 bits per heavy atom. The number of benzene rings is 2. The first-order valence-electron chi connectivity index (χ1n) is 14.6. The Labute approximate surface area is 227 Å². The van der Waals surface area contributed by atoms with Gasteiger partial charge in [0.2, 0.25) is 11.8 Å². The van der Waals surface area contributed by atoms with E-state index in [1.807, 2.05) is 0 Å². The SMILES string of the molecule is CCc1cc(CN(CC2CCCCC2)C(C)c2ccc3c(c2)CCO3)ccc1OCCN1C(=O)CCC1=O. The minimum Gasteiger partial charge on any atom is -0.493 e. The molecule has 0 radical (unpaired) electrons. The van der Waals surface area contributed by atoms with Crippen LogP contribution >= 0.6 is 0 Å². The Balaban J connectivity index is 1.28. The van der Waals surface area contributed by atoms with Crippen LogP contribution in [0.5, 0.6) is 11.5 Å². The minimum absolute atomic E-state index is 0.0901. The molecule has 2 aliphatic heterocycles. The fraction of sp³-hybridized carbons (Fsp3) is 0.562. The summed E-state index contributed by atoms with van der Waals surface area (Å²) in [7, 11) is 0. The predicted octanol–water partition coefficient (Wildman–Crippen LogP) is 5.86. The lowest BCUT2D eigenvalue weighted by Gasteiger charge is -2.34. The first-order valence-corrected chi connectivity index (χ1v) is 14.6. The number of carbonyl (C=O) groups is 2. The summed E-state index contributed by atoms with van der Waals surface area (Å²) in [4.78, 5) is 27.8. The van der Waals surface area contributed by atoms with Crippen LogP contribution in [0.15, 0.2) is 36.4 Å². The van der Waals surface area contributed by atoms with E-state index in [2.05, 4.69) is 55.1 Å². The van der Waals surface area contributed by atoms with Gasteiger partial charge >= 0.3 is 0 Å². The predicted molar refractivity (Wildman–Crippen MR) is 148 cm³/mol. The van der Waals surface area contributed by atoms with E-state index in [-0.39, 0.29) is 11.8 Å². The van der Waals surface area contributed by atoms with Crippen LogP contribution < -0.4 is 9.47 Å². The van der Waals surface area contributed by atoms with Gasteiger partial charge in [-0.2, -0.15) is 0 Å². The molecule has 5 rings (SSSR count). The molecule has 2 amide bonds. The fourth-order valence-corrected chi connectivity index (χ4v) is 6.24. The summed E-state index contributed by atoms with van der Waals surface area (Å²) in [6, 6.07) is 13.6. The molecule has 1 atom stereocenters. The maximum absolute atomic E-state index is 11.9. The summed E-state index contributed by atoms with van der Waals surface area (Å²) >= 11 is 0. The molecule has 2 fully saturated rings. The van der Waals surface area contributed by atoms with E-state index in [4.69, 9.17) is 9.47 Å². The largest absolute Gasteiger partial charge is 0.493 e. The number of nitrogens with zero attached hydrogens (tertiary/aromatic N) is 2. The van der Waals surface area contributed by atoms with Crippen molar-refractivity contribution in [3.8, 4) is 11.5 Å². The molecule has 1 saturated heterocycles. The van der Waals surface area contributed by atoms with Gasteiger partial charge in [0, 0.05) is 38.4 Å². The van der Waals surface area contributed by atoms with Gasteiger partial charge in [0.1, 0.15) is 18.1 Å². The second-order valence-electron chi connectivity index (χ2n) is 11.2. The lowest BCUT2D eigenvalue weighted by atomic mass is 9.88. The zero-order chi connectivity index (χ0) is 26.5. The molecule has 38 heavy (non-hydrogen) atoms. The third-order valence-electron chi connectivity index (χ3n) is 8.58. The summed E-state index contributed by atoms with van der Waals surface area (Å²) in [5.74, 6) is 2.47. The number of hydrogen-bond donors (Lipinski definition) is 0. The summed E-state index contributed by atoms with van der Waals surface area (Å²) in [5.41, 5.74) is 5.17. The number of imide groups is 1. The molecular formula is C32H42N2O4. The van der Waals surface area contributed by atoms with Gasteiger partial charge in [-0.15, -0.1) is 0 Å². The quantitative estimate of drug-likeness (QED) is 0.349. The van der Waals surface area contributed by atoms with Gasteiger partial charge in [0.15, 0.2) is 0 Å². The average molecular weight is 519 g/mol. The highest BCUT2D eigenvalue weighted by atomic mass is 16.5. The highest BCUT2D eigenvalue weighted by Crippen LogP contribution is 2.33. The van der Waals surface area contributed by atoms with Gasteiger partial charge in [-0.1, -0.05) is 50.5 Å². The monoisotopic (exact) mass is 518 g/mol. The molecular weight excluding hydrogens is 476 g/mol. The van der Waals surface area contributed by atoms with Crippen LogP contribution in [-0.4, -0.2) is 47.9 Å². The zero-order valence-electron chi connectivity index (χ0n) is 23.0. The van der Waals surface area contributed by atoms with Crippen LogP contribution in [0.1, 0.15) is 87.1 Å². The molecule has 1 saturated carbocycles. The molecule has 6 heteroatoms. The average Bonchev–Trinajstić information content (AvgIpc) is 3.54. The Kier molecular flexibility index (Phi) is 8.68. The van der Waals surface area contributed by atoms with Crippen molar-refractivity contribution in [3.05, 3.63) is 58.7 Å². The summed E-state index contributed by atoms with van der Waals surface area (Å²) in [5, 5.41) is 0. The van der Waals surface area contributed by atoms with Crippen LogP contribution in [-0.2, 0) is 29.0 Å². The van der Waals surface area contributed by atoms with E-state index >= 15 is 0 Å². The van der Waals surface area contributed by atoms with Gasteiger partial charge in [0.25, 0.3) is 0 Å². The molecule has 1 unspecified atom stereocenters. The van der Waals surface area contributed by atoms with Crippen LogP contribution in [0.4, 0.5) is 0 Å². The number of carbonyl (C=O) groups excluding carboxylic acids is 2. The normalized spacial score (nSPS) is 18.7. The van der Waals surface area contributed by atoms with Crippen LogP contribution in [0.2, 0.25) is 0 Å². The number of fused-ring (bicyclic) bond motifs is 1. The van der Waals surface area contributed by atoms with E-state index in [0.717, 1.165) is 50.0 Å². The van der Waals surface area contributed by atoms with Crippen LogP contribution in [0, 0.1) is 5.92 Å². The number of ether oxygens (including phenoxy) is 2. The third kappa shape index (κ3) is 6.23. The molecule has 0 bridgehead atoms. The lowest BCUT2D eigenvalue weighted by Crippen LogP contribution is -2.33. The Morgan fingerprint density at radius 2 is 1.82 bits per heavy atom. The molecule has 2 aromatic carbocycles. The third-order valence-corrected chi connectivity index (χ3v) is 8.58. The van der Waals surface area contributed by atoms with Crippen molar-refractivity contribution in [1.82, 2.24) is 9.80 Å². The van der Waals surface area contributed by atoms with E-state index in [1.54, 1.807) is 0 Å². The lowest BCUT2D eigenvalue weighted by molar-refractivity contribution is -0.138. The van der Waals surface area contributed by atoms with Crippen molar-refractivity contribution < 1.29 is 19.1 Å². The molecule has 0 N–H and O–H groups in total. The Hall–Kier alpha value is -2.86. The van der Waals surface area contributed by atoms with Crippen molar-refractivity contribution in [2.45, 2.75) is 84.2 Å². The van der Waals surface area contributed by atoms with E-state index < -0.39 is 0 Å². The zero-order valence-corrected chi connectivity index (χ0v) is 23.0. The van der Waals surface area contributed by atoms with Crippen molar-refractivity contribution in [1.29, 1.82) is 0 Å². The molecule has 6 nitrogen and oxygen atoms in total. The second-order valence-corrected chi connectivity index (χ2v) is 11.2. The smallest absolute Gasteiger partial charge is 0.229 e. The summed E-state index contributed by atoms with van der Waals surface area (Å²) in [6.45, 7) is 7.95. The number of aryl methyl sites for hydroxylation is 1. The van der Waals surface area contributed by atoms with Crippen molar-refractivity contribution in [2.24, 2.45) is 5.92 Å². The maximum Gasteiger partial charge on any atom is 0.229 e. The van der Waals surface area contributed by atoms with Gasteiger partial charge < -0.3 is 9.47 Å². The van der Waals surface area contributed by atoms with Crippen LogP contribution in [0.25, 0.3) is 0 Å².